The minimum absolute atomic E-state index is 0.152. The first kappa shape index (κ1) is 19.9. The third-order valence-electron chi connectivity index (χ3n) is 5.08. The number of nitrogens with one attached hydrogen (secondary N) is 3. The van der Waals surface area contributed by atoms with Crippen LogP contribution in [-0.2, 0) is 29.0 Å². The number of aromatic nitrogens is 3. The molecule has 1 aromatic heterocycles. The van der Waals surface area contributed by atoms with Gasteiger partial charge in [-0.25, -0.2) is 9.89 Å². The van der Waals surface area contributed by atoms with Crippen LogP contribution in [-0.4, -0.2) is 32.6 Å². The fraction of sp³-hybridized carbons (Fsp3) is 0.238. The van der Waals surface area contributed by atoms with E-state index in [9.17, 15) is 14.4 Å². The molecule has 0 spiro atoms. The molecule has 1 aliphatic rings. The van der Waals surface area contributed by atoms with Crippen molar-refractivity contribution in [3.8, 4) is 0 Å². The van der Waals surface area contributed by atoms with E-state index in [1.54, 1.807) is 18.2 Å². The van der Waals surface area contributed by atoms with Crippen LogP contribution in [0.4, 0.5) is 0 Å². The van der Waals surface area contributed by atoms with Crippen molar-refractivity contribution in [1.82, 2.24) is 25.4 Å². The summed E-state index contributed by atoms with van der Waals surface area (Å²) in [5, 5.41) is 12.4. The standard InChI is InChI=1S/C21H20ClN5O3/c22-15-6-3-4-13(8-15)9-18(28)24-17-10-14-5-1-2-7-16(14)20(17)25-19(29)11-27-12-23-26-21(27)30/h1-8,12,17,20H,9-11H2,(H,24,28)(H,25,29)(H,26,30)/t17-,20-/m1/s1. The number of amides is 2. The van der Waals surface area contributed by atoms with Crippen molar-refractivity contribution in [2.75, 3.05) is 0 Å². The first-order valence-corrected chi connectivity index (χ1v) is 9.88. The molecule has 3 N–H and O–H groups in total. The molecule has 8 nitrogen and oxygen atoms in total. The number of hydrogen-bond acceptors (Lipinski definition) is 4. The predicted molar refractivity (Wildman–Crippen MR) is 111 cm³/mol. The SMILES string of the molecule is O=C(Cn1cn[nH]c1=O)N[C@@H]1c2ccccc2C[C@H]1NC(=O)Cc1cccc(Cl)c1. The monoisotopic (exact) mass is 425 g/mol. The van der Waals surface area contributed by atoms with Gasteiger partial charge in [0.25, 0.3) is 0 Å². The molecule has 1 heterocycles. The van der Waals surface area contributed by atoms with Gasteiger partial charge in [0, 0.05) is 5.02 Å². The zero-order valence-electron chi connectivity index (χ0n) is 16.0. The van der Waals surface area contributed by atoms with Crippen molar-refractivity contribution in [3.05, 3.63) is 87.1 Å². The fourth-order valence-electron chi connectivity index (χ4n) is 3.75. The first-order valence-electron chi connectivity index (χ1n) is 9.50. The molecule has 0 bridgehead atoms. The quantitative estimate of drug-likeness (QED) is 0.554. The first-order chi connectivity index (χ1) is 14.5. The third kappa shape index (κ3) is 4.44. The van der Waals surface area contributed by atoms with E-state index in [2.05, 4.69) is 20.8 Å². The highest BCUT2D eigenvalue weighted by Gasteiger charge is 2.34. The van der Waals surface area contributed by atoms with Gasteiger partial charge in [-0.1, -0.05) is 48.0 Å². The Bertz CT molecular complexity index is 1140. The lowest BCUT2D eigenvalue weighted by Crippen LogP contribution is -2.45. The summed E-state index contributed by atoms with van der Waals surface area (Å²) in [5.41, 5.74) is 2.38. The Hall–Kier alpha value is -3.39. The predicted octanol–water partition coefficient (Wildman–Crippen LogP) is 1.37. The number of aromatic amines is 1. The minimum atomic E-state index is -0.455. The van der Waals surface area contributed by atoms with E-state index < -0.39 is 5.69 Å². The second-order valence-corrected chi connectivity index (χ2v) is 7.65. The number of benzene rings is 2. The summed E-state index contributed by atoms with van der Waals surface area (Å²) in [6, 6.07) is 14.2. The Labute approximate surface area is 177 Å². The van der Waals surface area contributed by atoms with Crippen molar-refractivity contribution in [2.45, 2.75) is 31.5 Å². The van der Waals surface area contributed by atoms with Gasteiger partial charge in [-0.05, 0) is 35.2 Å². The van der Waals surface area contributed by atoms with Crippen molar-refractivity contribution in [3.63, 3.8) is 0 Å². The third-order valence-corrected chi connectivity index (χ3v) is 5.32. The maximum absolute atomic E-state index is 12.6. The van der Waals surface area contributed by atoms with Crippen LogP contribution >= 0.6 is 11.6 Å². The topological polar surface area (TPSA) is 109 Å². The molecule has 0 saturated heterocycles. The van der Waals surface area contributed by atoms with Gasteiger partial charge in [0.15, 0.2) is 0 Å². The normalized spacial score (nSPS) is 17.4. The van der Waals surface area contributed by atoms with Crippen molar-refractivity contribution in [2.24, 2.45) is 0 Å². The fourth-order valence-corrected chi connectivity index (χ4v) is 3.97. The Morgan fingerprint density at radius 2 is 1.97 bits per heavy atom. The molecule has 0 aliphatic heterocycles. The van der Waals surface area contributed by atoms with Gasteiger partial charge < -0.3 is 10.6 Å². The second-order valence-electron chi connectivity index (χ2n) is 7.22. The zero-order valence-corrected chi connectivity index (χ0v) is 16.7. The molecule has 0 saturated carbocycles. The van der Waals surface area contributed by atoms with E-state index in [1.165, 1.54) is 10.9 Å². The van der Waals surface area contributed by atoms with Gasteiger partial charge in [-0.2, -0.15) is 5.10 Å². The Morgan fingerprint density at radius 1 is 1.13 bits per heavy atom. The summed E-state index contributed by atoms with van der Waals surface area (Å²) in [6.07, 6.45) is 2.07. The number of nitrogens with zero attached hydrogens (tertiary/aromatic N) is 2. The highest BCUT2D eigenvalue weighted by atomic mass is 35.5. The highest BCUT2D eigenvalue weighted by molar-refractivity contribution is 6.30. The van der Waals surface area contributed by atoms with Gasteiger partial charge in [0.2, 0.25) is 11.8 Å². The molecule has 0 unspecified atom stereocenters. The van der Waals surface area contributed by atoms with E-state index in [0.29, 0.717) is 11.4 Å². The largest absolute Gasteiger partial charge is 0.350 e. The van der Waals surface area contributed by atoms with Gasteiger partial charge in [-0.3, -0.25) is 14.2 Å². The summed E-state index contributed by atoms with van der Waals surface area (Å²) >= 11 is 6.00. The Morgan fingerprint density at radius 3 is 2.73 bits per heavy atom. The van der Waals surface area contributed by atoms with E-state index in [1.807, 2.05) is 30.3 Å². The number of H-pyrrole nitrogens is 1. The number of rotatable bonds is 6. The molecule has 3 aromatic rings. The second kappa shape index (κ2) is 8.54. The van der Waals surface area contributed by atoms with Gasteiger partial charge >= 0.3 is 5.69 Å². The number of hydrogen-bond donors (Lipinski definition) is 3. The molecule has 154 valence electrons. The number of carbonyl (C=O) groups excluding carboxylic acids is 2. The van der Waals surface area contributed by atoms with Gasteiger partial charge in [0.1, 0.15) is 12.9 Å². The molecule has 0 fully saturated rings. The molecule has 2 amide bonds. The zero-order chi connectivity index (χ0) is 21.1. The molecule has 4 rings (SSSR count). The lowest BCUT2D eigenvalue weighted by Gasteiger charge is -2.23. The molecule has 2 atom stereocenters. The van der Waals surface area contributed by atoms with Crippen LogP contribution in [0.25, 0.3) is 0 Å². The highest BCUT2D eigenvalue weighted by Crippen LogP contribution is 2.31. The van der Waals surface area contributed by atoms with Crippen molar-refractivity contribution < 1.29 is 9.59 Å². The summed E-state index contributed by atoms with van der Waals surface area (Å²) < 4.78 is 1.18. The summed E-state index contributed by atoms with van der Waals surface area (Å²) in [7, 11) is 0. The van der Waals surface area contributed by atoms with Crippen LogP contribution in [0.5, 0.6) is 0 Å². The van der Waals surface area contributed by atoms with Crippen LogP contribution in [0.1, 0.15) is 22.7 Å². The smallest absolute Gasteiger partial charge is 0.343 e. The van der Waals surface area contributed by atoms with E-state index in [-0.39, 0.29) is 36.9 Å². The van der Waals surface area contributed by atoms with E-state index >= 15 is 0 Å². The average molecular weight is 426 g/mol. The molecule has 0 radical (unpaired) electrons. The summed E-state index contributed by atoms with van der Waals surface area (Å²) in [6.45, 7) is -0.156. The lowest BCUT2D eigenvalue weighted by molar-refractivity contribution is -0.124. The summed E-state index contributed by atoms with van der Waals surface area (Å²) in [4.78, 5) is 36.8. The van der Waals surface area contributed by atoms with E-state index in [4.69, 9.17) is 11.6 Å². The minimum Gasteiger partial charge on any atom is -0.350 e. The van der Waals surface area contributed by atoms with Crippen molar-refractivity contribution in [1.29, 1.82) is 0 Å². The Kier molecular flexibility index (Phi) is 5.67. The number of halogens is 1. The van der Waals surface area contributed by atoms with Crippen LogP contribution < -0.4 is 16.3 Å². The van der Waals surface area contributed by atoms with Crippen LogP contribution in [0.2, 0.25) is 5.02 Å². The van der Waals surface area contributed by atoms with Crippen molar-refractivity contribution >= 4 is 23.4 Å². The molecule has 30 heavy (non-hydrogen) atoms. The summed E-state index contributed by atoms with van der Waals surface area (Å²) in [5.74, 6) is -0.491. The van der Waals surface area contributed by atoms with Crippen LogP contribution in [0, 0.1) is 0 Å². The molecular weight excluding hydrogens is 406 g/mol. The molecular formula is C21H20ClN5O3. The van der Waals surface area contributed by atoms with E-state index in [0.717, 1.165) is 16.7 Å². The number of carbonyl (C=O) groups is 2. The molecule has 2 aromatic carbocycles. The van der Waals surface area contributed by atoms with Crippen LogP contribution in [0.15, 0.2) is 59.7 Å². The molecule has 9 heteroatoms. The van der Waals surface area contributed by atoms with Crippen LogP contribution in [0.3, 0.4) is 0 Å². The van der Waals surface area contributed by atoms with Gasteiger partial charge in [-0.15, -0.1) is 0 Å². The van der Waals surface area contributed by atoms with Gasteiger partial charge in [0.05, 0.1) is 18.5 Å². The molecule has 1 aliphatic carbocycles. The lowest BCUT2D eigenvalue weighted by atomic mass is 10.1. The Balaban J connectivity index is 1.47. The average Bonchev–Trinajstić information content (AvgIpc) is 3.25. The maximum Gasteiger partial charge on any atom is 0.343 e. The maximum atomic E-state index is 12.6. The number of fused-ring (bicyclic) bond motifs is 1.